The molecule has 1 aromatic rings. The van der Waals surface area contributed by atoms with Crippen molar-refractivity contribution in [2.45, 2.75) is 50.0 Å². The van der Waals surface area contributed by atoms with Gasteiger partial charge in [-0.15, -0.1) is 0 Å². The van der Waals surface area contributed by atoms with Gasteiger partial charge in [-0.3, -0.25) is 19.8 Å². The summed E-state index contributed by atoms with van der Waals surface area (Å²) >= 11 is 0. The van der Waals surface area contributed by atoms with Crippen LogP contribution in [0.1, 0.15) is 50.0 Å². The molecule has 162 valence electrons. The summed E-state index contributed by atoms with van der Waals surface area (Å²) in [5, 5.41) is 16.9. The third-order valence-electron chi connectivity index (χ3n) is 6.80. The van der Waals surface area contributed by atoms with Crippen LogP contribution in [-0.2, 0) is 14.4 Å². The van der Waals surface area contributed by atoms with Gasteiger partial charge in [0.1, 0.15) is 11.6 Å². The predicted molar refractivity (Wildman–Crippen MR) is 112 cm³/mol. The van der Waals surface area contributed by atoms with E-state index in [1.54, 1.807) is 35.8 Å². The highest BCUT2D eigenvalue weighted by molar-refractivity contribution is 6.42. The van der Waals surface area contributed by atoms with Gasteiger partial charge in [0.2, 0.25) is 0 Å². The summed E-state index contributed by atoms with van der Waals surface area (Å²) in [7, 11) is 0. The maximum Gasteiger partial charge on any atom is 0.330 e. The summed E-state index contributed by atoms with van der Waals surface area (Å²) in [6.07, 6.45) is 6.48. The molecule has 4 aliphatic rings. The van der Waals surface area contributed by atoms with Gasteiger partial charge in [-0.25, -0.2) is 11.3 Å². The van der Waals surface area contributed by atoms with E-state index in [0.717, 1.165) is 19.3 Å². The van der Waals surface area contributed by atoms with Crippen LogP contribution < -0.4 is 22.0 Å². The van der Waals surface area contributed by atoms with Crippen LogP contribution in [0.15, 0.2) is 35.4 Å². The Morgan fingerprint density at radius 3 is 2.10 bits per heavy atom. The smallest absolute Gasteiger partial charge is 0.330 e. The molecule has 0 aromatic heterocycles. The number of hydrogen-bond acceptors (Lipinski definition) is 6. The number of hydrazone groups is 1. The Bertz CT molecular complexity index is 916. The normalized spacial score (nSPS) is 29.5. The summed E-state index contributed by atoms with van der Waals surface area (Å²) in [6, 6.07) is 10.9. The SMILES string of the molecule is N#CC(/C(=N/NC(=O)C(=O)NN)C(=O)NC12CC3CC(CC(C3)C1)C2)c1ccccc1. The van der Waals surface area contributed by atoms with Gasteiger partial charge in [-0.2, -0.15) is 10.4 Å². The molecule has 5 rings (SSSR count). The van der Waals surface area contributed by atoms with E-state index in [-0.39, 0.29) is 11.3 Å². The third-order valence-corrected chi connectivity index (χ3v) is 6.80. The number of rotatable bonds is 5. The first-order chi connectivity index (χ1) is 14.9. The van der Waals surface area contributed by atoms with Gasteiger partial charge in [0, 0.05) is 5.54 Å². The number of nitrogens with zero attached hydrogens (tertiary/aromatic N) is 2. The summed E-state index contributed by atoms with van der Waals surface area (Å²) in [4.78, 5) is 36.6. The number of carbonyl (C=O) groups is 3. The molecule has 0 spiro atoms. The first-order valence-electron chi connectivity index (χ1n) is 10.6. The number of hydrazine groups is 1. The lowest BCUT2D eigenvalue weighted by molar-refractivity contribution is -0.139. The number of nitrogens with one attached hydrogen (secondary N) is 3. The molecule has 1 atom stereocenters. The molecule has 31 heavy (non-hydrogen) atoms. The van der Waals surface area contributed by atoms with E-state index in [1.807, 2.05) is 0 Å². The Kier molecular flexibility index (Phi) is 5.74. The summed E-state index contributed by atoms with van der Waals surface area (Å²) in [6.45, 7) is 0. The zero-order chi connectivity index (χ0) is 22.0. The van der Waals surface area contributed by atoms with Crippen LogP contribution in [0.5, 0.6) is 0 Å². The monoisotopic (exact) mass is 422 g/mol. The number of nitriles is 1. The molecule has 0 heterocycles. The predicted octanol–water partition coefficient (Wildman–Crippen LogP) is 0.841. The molecule has 4 bridgehead atoms. The standard InChI is InChI=1S/C22H26N6O3/c23-12-17(16-4-2-1-3-5-16)18(27-28-21(31)20(30)26-24)19(29)25-22-9-13-6-14(10-22)8-15(7-13)11-22/h1-5,13-15,17H,6-11,24H2,(H,25,29)(H,26,30)(H,28,31)/b27-18-. The fourth-order valence-corrected chi connectivity index (χ4v) is 5.98. The van der Waals surface area contributed by atoms with Gasteiger partial charge in [-0.1, -0.05) is 30.3 Å². The summed E-state index contributed by atoms with van der Waals surface area (Å²) in [5.41, 5.74) is 3.89. The van der Waals surface area contributed by atoms with E-state index < -0.39 is 23.6 Å². The zero-order valence-corrected chi connectivity index (χ0v) is 17.1. The second-order valence-corrected chi connectivity index (χ2v) is 9.04. The van der Waals surface area contributed by atoms with E-state index in [9.17, 15) is 19.6 Å². The van der Waals surface area contributed by atoms with Gasteiger partial charge < -0.3 is 5.32 Å². The van der Waals surface area contributed by atoms with E-state index in [1.165, 1.54) is 19.3 Å². The van der Waals surface area contributed by atoms with Crippen molar-refractivity contribution in [2.75, 3.05) is 0 Å². The van der Waals surface area contributed by atoms with Crippen molar-refractivity contribution < 1.29 is 14.4 Å². The highest BCUT2D eigenvalue weighted by Gasteiger charge is 2.52. The molecule has 4 aliphatic carbocycles. The van der Waals surface area contributed by atoms with Gasteiger partial charge >= 0.3 is 11.8 Å². The first-order valence-corrected chi connectivity index (χ1v) is 10.6. The molecule has 0 aliphatic heterocycles. The van der Waals surface area contributed by atoms with E-state index in [2.05, 4.69) is 21.9 Å². The van der Waals surface area contributed by atoms with Crippen LogP contribution in [0.4, 0.5) is 0 Å². The molecule has 0 radical (unpaired) electrons. The molecule has 4 fully saturated rings. The zero-order valence-electron chi connectivity index (χ0n) is 17.1. The Morgan fingerprint density at radius 2 is 1.58 bits per heavy atom. The van der Waals surface area contributed by atoms with E-state index in [0.29, 0.717) is 23.3 Å². The van der Waals surface area contributed by atoms with Crippen LogP contribution >= 0.6 is 0 Å². The van der Waals surface area contributed by atoms with Crippen molar-refractivity contribution in [3.05, 3.63) is 35.9 Å². The fraction of sp³-hybridized carbons (Fsp3) is 0.500. The minimum atomic E-state index is -1.12. The number of amides is 3. The maximum atomic E-state index is 13.4. The minimum absolute atomic E-state index is 0.150. The Labute approximate surface area is 180 Å². The molecular weight excluding hydrogens is 396 g/mol. The van der Waals surface area contributed by atoms with Gasteiger partial charge in [0.25, 0.3) is 5.91 Å². The first kappa shape index (κ1) is 21.0. The van der Waals surface area contributed by atoms with Crippen molar-refractivity contribution in [3.63, 3.8) is 0 Å². The molecule has 3 amide bonds. The lowest BCUT2D eigenvalue weighted by Crippen LogP contribution is -2.61. The van der Waals surface area contributed by atoms with Crippen LogP contribution in [0.2, 0.25) is 0 Å². The largest absolute Gasteiger partial charge is 0.345 e. The van der Waals surface area contributed by atoms with Crippen LogP contribution in [-0.4, -0.2) is 29.0 Å². The van der Waals surface area contributed by atoms with Gasteiger partial charge in [0.15, 0.2) is 0 Å². The topological polar surface area (TPSA) is 149 Å². The molecular formula is C22H26N6O3. The number of carbonyl (C=O) groups excluding carboxylic acids is 3. The lowest BCUT2D eigenvalue weighted by Gasteiger charge is -2.56. The Hall–Kier alpha value is -3.25. The molecule has 9 nitrogen and oxygen atoms in total. The fourth-order valence-electron chi connectivity index (χ4n) is 5.98. The number of nitrogens with two attached hydrogens (primary N) is 1. The van der Waals surface area contributed by atoms with E-state index >= 15 is 0 Å². The Morgan fingerprint density at radius 1 is 1.00 bits per heavy atom. The van der Waals surface area contributed by atoms with Crippen molar-refractivity contribution in [1.29, 1.82) is 5.26 Å². The number of hydrogen-bond donors (Lipinski definition) is 4. The Balaban J connectivity index is 1.60. The summed E-state index contributed by atoms with van der Waals surface area (Å²) in [5.74, 6) is 3.13. The molecule has 1 unspecified atom stereocenters. The molecule has 5 N–H and O–H groups in total. The second kappa shape index (κ2) is 8.47. The van der Waals surface area contributed by atoms with Crippen molar-refractivity contribution in [2.24, 2.45) is 28.7 Å². The van der Waals surface area contributed by atoms with Crippen LogP contribution in [0.25, 0.3) is 0 Å². The quantitative estimate of drug-likeness (QED) is 0.182. The van der Waals surface area contributed by atoms with Gasteiger partial charge in [-0.05, 0) is 61.8 Å². The highest BCUT2D eigenvalue weighted by atomic mass is 16.2. The second-order valence-electron chi connectivity index (χ2n) is 9.04. The minimum Gasteiger partial charge on any atom is -0.345 e. The molecule has 1 aromatic carbocycles. The van der Waals surface area contributed by atoms with Gasteiger partial charge in [0.05, 0.1) is 6.07 Å². The molecule has 4 saturated carbocycles. The van der Waals surface area contributed by atoms with Crippen molar-refractivity contribution in [3.8, 4) is 6.07 Å². The highest BCUT2D eigenvalue weighted by Crippen LogP contribution is 2.55. The maximum absolute atomic E-state index is 13.4. The summed E-state index contributed by atoms with van der Waals surface area (Å²) < 4.78 is 0. The lowest BCUT2D eigenvalue weighted by atomic mass is 9.53. The average Bonchev–Trinajstić information content (AvgIpc) is 2.75. The molecule has 0 saturated heterocycles. The van der Waals surface area contributed by atoms with Crippen molar-refractivity contribution in [1.82, 2.24) is 16.2 Å². The van der Waals surface area contributed by atoms with Crippen LogP contribution in [0, 0.1) is 29.1 Å². The number of benzene rings is 1. The van der Waals surface area contributed by atoms with E-state index in [4.69, 9.17) is 5.84 Å². The molecule has 9 heteroatoms. The third kappa shape index (κ3) is 4.30. The van der Waals surface area contributed by atoms with Crippen LogP contribution in [0.3, 0.4) is 0 Å². The average molecular weight is 422 g/mol. The van der Waals surface area contributed by atoms with Crippen molar-refractivity contribution >= 4 is 23.4 Å².